The molecular formula is C24H25NO2S. The van der Waals surface area contributed by atoms with Crippen LogP contribution in [0.5, 0.6) is 5.75 Å². The third kappa shape index (κ3) is 5.17. The van der Waals surface area contributed by atoms with E-state index in [1.165, 1.54) is 17.3 Å². The smallest absolute Gasteiger partial charge is 0.233 e. The van der Waals surface area contributed by atoms with Crippen molar-refractivity contribution in [3.05, 3.63) is 95.6 Å². The number of carbonyl (C=O) groups excluding carboxylic acids is 1. The highest BCUT2D eigenvalue weighted by molar-refractivity contribution is 8.00. The first-order chi connectivity index (χ1) is 13.6. The normalized spacial score (nSPS) is 12.8. The molecule has 0 aromatic heterocycles. The molecule has 0 saturated heterocycles. The molecule has 4 heteroatoms. The number of benzene rings is 3. The van der Waals surface area contributed by atoms with E-state index in [0.29, 0.717) is 0 Å². The number of hydrogen-bond donors (Lipinski definition) is 1. The maximum absolute atomic E-state index is 12.9. The van der Waals surface area contributed by atoms with Crippen LogP contribution in [0.2, 0.25) is 0 Å². The minimum atomic E-state index is -0.218. The number of hydrogen-bond acceptors (Lipinski definition) is 3. The molecule has 3 aromatic rings. The summed E-state index contributed by atoms with van der Waals surface area (Å²) in [6.07, 6.45) is 0. The molecule has 0 spiro atoms. The van der Waals surface area contributed by atoms with Crippen molar-refractivity contribution in [3.8, 4) is 5.75 Å². The van der Waals surface area contributed by atoms with Gasteiger partial charge in [-0.15, -0.1) is 11.8 Å². The van der Waals surface area contributed by atoms with Crippen LogP contribution in [0, 0.1) is 6.92 Å². The molecule has 1 amide bonds. The summed E-state index contributed by atoms with van der Waals surface area (Å²) >= 11 is 1.54. The Kier molecular flexibility index (Phi) is 6.77. The van der Waals surface area contributed by atoms with Gasteiger partial charge in [-0.25, -0.2) is 0 Å². The van der Waals surface area contributed by atoms with E-state index in [0.717, 1.165) is 21.8 Å². The highest BCUT2D eigenvalue weighted by atomic mass is 32.2. The molecule has 0 fully saturated rings. The van der Waals surface area contributed by atoms with Crippen molar-refractivity contribution in [1.82, 2.24) is 5.32 Å². The topological polar surface area (TPSA) is 38.3 Å². The third-order valence-electron chi connectivity index (χ3n) is 4.57. The summed E-state index contributed by atoms with van der Waals surface area (Å²) in [6.45, 7) is 3.99. The first kappa shape index (κ1) is 20.0. The number of aryl methyl sites for hydroxylation is 1. The largest absolute Gasteiger partial charge is 0.497 e. The molecule has 0 saturated carbocycles. The molecule has 28 heavy (non-hydrogen) atoms. The fourth-order valence-electron chi connectivity index (χ4n) is 2.94. The Bertz CT molecular complexity index is 892. The van der Waals surface area contributed by atoms with Gasteiger partial charge in [-0.05, 0) is 49.2 Å². The Morgan fingerprint density at radius 3 is 2.11 bits per heavy atom. The fraction of sp³-hybridized carbons (Fsp3) is 0.208. The fourth-order valence-corrected chi connectivity index (χ4v) is 3.81. The van der Waals surface area contributed by atoms with Crippen LogP contribution in [-0.2, 0) is 4.79 Å². The van der Waals surface area contributed by atoms with Crippen LogP contribution in [0.3, 0.4) is 0 Å². The molecule has 0 heterocycles. The van der Waals surface area contributed by atoms with E-state index in [1.807, 2.05) is 61.5 Å². The Morgan fingerprint density at radius 2 is 1.50 bits per heavy atom. The van der Waals surface area contributed by atoms with Crippen LogP contribution in [0.25, 0.3) is 0 Å². The number of carbonyl (C=O) groups is 1. The molecule has 2 atom stereocenters. The van der Waals surface area contributed by atoms with E-state index in [-0.39, 0.29) is 17.2 Å². The van der Waals surface area contributed by atoms with Crippen LogP contribution in [0.15, 0.2) is 83.8 Å². The van der Waals surface area contributed by atoms with Crippen molar-refractivity contribution >= 4 is 17.7 Å². The number of methoxy groups -OCH3 is 1. The van der Waals surface area contributed by atoms with Crippen molar-refractivity contribution in [2.24, 2.45) is 0 Å². The lowest BCUT2D eigenvalue weighted by Crippen LogP contribution is -2.34. The molecule has 3 nitrogen and oxygen atoms in total. The van der Waals surface area contributed by atoms with Gasteiger partial charge in [0.15, 0.2) is 0 Å². The zero-order valence-corrected chi connectivity index (χ0v) is 17.2. The average Bonchev–Trinajstić information content (AvgIpc) is 2.73. The molecule has 0 radical (unpaired) electrons. The van der Waals surface area contributed by atoms with E-state index >= 15 is 0 Å². The number of rotatable bonds is 7. The van der Waals surface area contributed by atoms with E-state index in [2.05, 4.69) is 36.5 Å². The van der Waals surface area contributed by atoms with Gasteiger partial charge in [-0.3, -0.25) is 4.79 Å². The predicted molar refractivity (Wildman–Crippen MR) is 116 cm³/mol. The molecule has 3 rings (SSSR count). The Labute approximate surface area is 171 Å². The maximum atomic E-state index is 12.9. The molecule has 0 aliphatic rings. The zero-order chi connectivity index (χ0) is 19.9. The summed E-state index contributed by atoms with van der Waals surface area (Å²) < 4.78 is 5.19. The first-order valence-electron chi connectivity index (χ1n) is 9.29. The summed E-state index contributed by atoms with van der Waals surface area (Å²) in [5.74, 6) is 0.820. The second-order valence-electron chi connectivity index (χ2n) is 6.70. The van der Waals surface area contributed by atoms with Crippen LogP contribution in [0.1, 0.15) is 29.7 Å². The molecular weight excluding hydrogens is 366 g/mol. The molecule has 144 valence electrons. The van der Waals surface area contributed by atoms with Gasteiger partial charge in [0.1, 0.15) is 5.75 Å². The van der Waals surface area contributed by atoms with Gasteiger partial charge >= 0.3 is 0 Å². The second kappa shape index (κ2) is 9.47. The Balaban J connectivity index is 1.75. The van der Waals surface area contributed by atoms with Crippen molar-refractivity contribution < 1.29 is 9.53 Å². The van der Waals surface area contributed by atoms with Gasteiger partial charge in [0.05, 0.1) is 18.4 Å². The van der Waals surface area contributed by atoms with E-state index in [9.17, 15) is 4.79 Å². The first-order valence-corrected chi connectivity index (χ1v) is 10.2. The molecule has 0 bridgehead atoms. The Morgan fingerprint density at radius 1 is 0.893 bits per heavy atom. The minimum absolute atomic E-state index is 0.00949. The second-order valence-corrected chi connectivity index (χ2v) is 8.11. The summed E-state index contributed by atoms with van der Waals surface area (Å²) in [5, 5.41) is 3.01. The van der Waals surface area contributed by atoms with Crippen LogP contribution >= 0.6 is 11.8 Å². The Hall–Kier alpha value is -2.72. The quantitative estimate of drug-likeness (QED) is 0.549. The molecule has 1 N–H and O–H groups in total. The number of nitrogens with one attached hydrogen (secondary N) is 1. The number of ether oxygens (including phenoxy) is 1. The lowest BCUT2D eigenvalue weighted by molar-refractivity contribution is -0.120. The molecule has 0 aliphatic carbocycles. The predicted octanol–water partition coefficient (Wildman–Crippen LogP) is 5.39. The maximum Gasteiger partial charge on any atom is 0.233 e. The van der Waals surface area contributed by atoms with Gasteiger partial charge in [-0.2, -0.15) is 0 Å². The van der Waals surface area contributed by atoms with Gasteiger partial charge < -0.3 is 10.1 Å². The number of thioether (sulfide) groups is 1. The van der Waals surface area contributed by atoms with E-state index in [1.54, 1.807) is 7.11 Å². The van der Waals surface area contributed by atoms with Crippen molar-refractivity contribution in [2.45, 2.75) is 30.0 Å². The van der Waals surface area contributed by atoms with Crippen LogP contribution in [0.4, 0.5) is 0 Å². The molecule has 2 unspecified atom stereocenters. The van der Waals surface area contributed by atoms with Gasteiger partial charge in [-0.1, -0.05) is 60.2 Å². The minimum Gasteiger partial charge on any atom is -0.497 e. The highest BCUT2D eigenvalue weighted by Gasteiger charge is 2.21. The lowest BCUT2D eigenvalue weighted by Gasteiger charge is -2.22. The van der Waals surface area contributed by atoms with Crippen LogP contribution < -0.4 is 10.1 Å². The molecule has 3 aromatic carbocycles. The third-order valence-corrected chi connectivity index (χ3v) is 5.68. The highest BCUT2D eigenvalue weighted by Crippen LogP contribution is 2.27. The summed E-state index contributed by atoms with van der Waals surface area (Å²) in [4.78, 5) is 14.0. The monoisotopic (exact) mass is 391 g/mol. The standard InChI is InChI=1S/C24H25NO2S/c1-17-9-11-20(12-10-17)23(19-7-5-4-6-8-19)25-24(26)18(2)28-22-15-13-21(27-3)14-16-22/h4-16,18,23H,1-3H3,(H,25,26). The SMILES string of the molecule is COc1ccc(SC(C)C(=O)NC(c2ccccc2)c2ccc(C)cc2)cc1. The van der Waals surface area contributed by atoms with Gasteiger partial charge in [0.25, 0.3) is 0 Å². The van der Waals surface area contributed by atoms with Crippen molar-refractivity contribution in [1.29, 1.82) is 0 Å². The van der Waals surface area contributed by atoms with Crippen molar-refractivity contribution in [3.63, 3.8) is 0 Å². The molecule has 0 aliphatic heterocycles. The zero-order valence-electron chi connectivity index (χ0n) is 16.4. The van der Waals surface area contributed by atoms with Crippen LogP contribution in [-0.4, -0.2) is 18.3 Å². The van der Waals surface area contributed by atoms with Gasteiger partial charge in [0.2, 0.25) is 5.91 Å². The van der Waals surface area contributed by atoms with E-state index < -0.39 is 0 Å². The van der Waals surface area contributed by atoms with Gasteiger partial charge in [0, 0.05) is 4.90 Å². The summed E-state index contributed by atoms with van der Waals surface area (Å²) in [6, 6.07) is 26.0. The van der Waals surface area contributed by atoms with E-state index in [4.69, 9.17) is 4.74 Å². The summed E-state index contributed by atoms with van der Waals surface area (Å²) in [5.41, 5.74) is 3.35. The van der Waals surface area contributed by atoms with Crippen molar-refractivity contribution in [2.75, 3.05) is 7.11 Å². The average molecular weight is 392 g/mol. The summed E-state index contributed by atoms with van der Waals surface area (Å²) in [7, 11) is 1.65. The number of amides is 1. The lowest BCUT2D eigenvalue weighted by atomic mass is 9.97.